The summed E-state index contributed by atoms with van der Waals surface area (Å²) < 4.78 is 5.14. The van der Waals surface area contributed by atoms with E-state index in [0.29, 0.717) is 24.2 Å². The third-order valence-electron chi connectivity index (χ3n) is 3.43. The molecule has 0 saturated carbocycles. The van der Waals surface area contributed by atoms with Crippen molar-refractivity contribution < 1.29 is 24.5 Å². The van der Waals surface area contributed by atoms with Gasteiger partial charge in [-0.05, 0) is 48.2 Å². The highest BCUT2D eigenvalue weighted by Gasteiger charge is 2.17. The normalized spacial score (nSPS) is 10.2. The number of methoxy groups -OCH3 is 1. The number of hydrogen-bond acceptors (Lipinski definition) is 3. The molecule has 0 bridgehead atoms. The Kier molecular flexibility index (Phi) is 4.78. The first-order chi connectivity index (χ1) is 10.5. The lowest BCUT2D eigenvalue weighted by Gasteiger charge is -2.10. The minimum atomic E-state index is -1.12. The third-order valence-corrected chi connectivity index (χ3v) is 3.43. The molecule has 2 aromatic rings. The van der Waals surface area contributed by atoms with Gasteiger partial charge in [0.1, 0.15) is 5.75 Å². The molecule has 0 fully saturated rings. The molecule has 0 aliphatic rings. The number of carboxylic acid groups (broad SMARTS) is 2. The summed E-state index contributed by atoms with van der Waals surface area (Å²) in [5.41, 5.74) is 1.35. The van der Waals surface area contributed by atoms with Gasteiger partial charge in [0.2, 0.25) is 0 Å². The van der Waals surface area contributed by atoms with Crippen molar-refractivity contribution >= 4 is 11.9 Å². The van der Waals surface area contributed by atoms with Gasteiger partial charge < -0.3 is 14.9 Å². The fourth-order valence-electron chi connectivity index (χ4n) is 2.35. The summed E-state index contributed by atoms with van der Waals surface area (Å²) in [6, 6.07) is 11.7. The Morgan fingerprint density at radius 2 is 1.55 bits per heavy atom. The molecular weight excluding hydrogens is 284 g/mol. The van der Waals surface area contributed by atoms with E-state index in [1.165, 1.54) is 18.2 Å². The summed E-state index contributed by atoms with van der Waals surface area (Å²) in [6.07, 6.45) is 0.860. The number of ether oxygens (including phenoxy) is 1. The number of aromatic carboxylic acids is 2. The Morgan fingerprint density at radius 1 is 0.955 bits per heavy atom. The quantitative estimate of drug-likeness (QED) is 0.857. The number of rotatable bonds is 6. The first-order valence-electron chi connectivity index (χ1n) is 6.74. The Morgan fingerprint density at radius 3 is 2.09 bits per heavy atom. The molecule has 2 N–H and O–H groups in total. The Labute approximate surface area is 127 Å². The standard InChI is InChI=1S/C17H16O5/c1-22-12-5-2-4-11(10-12)8-9-13-14(16(18)19)6-3-7-15(13)17(20)21/h2-7,10H,8-9H2,1H3,(H,18,19)(H,20,21). The highest BCUT2D eigenvalue weighted by Crippen LogP contribution is 2.20. The van der Waals surface area contributed by atoms with Crippen molar-refractivity contribution in [1.82, 2.24) is 0 Å². The molecule has 0 radical (unpaired) electrons. The largest absolute Gasteiger partial charge is 0.497 e. The Balaban J connectivity index is 2.31. The number of hydrogen-bond donors (Lipinski definition) is 2. The molecule has 114 valence electrons. The molecule has 5 nitrogen and oxygen atoms in total. The molecular formula is C17H16O5. The molecule has 0 atom stereocenters. The molecule has 5 heteroatoms. The average Bonchev–Trinajstić information content (AvgIpc) is 2.52. The zero-order valence-corrected chi connectivity index (χ0v) is 12.1. The maximum atomic E-state index is 11.3. The van der Waals surface area contributed by atoms with Crippen molar-refractivity contribution in [3.05, 3.63) is 64.7 Å². The van der Waals surface area contributed by atoms with Crippen LogP contribution in [0, 0.1) is 0 Å². The first-order valence-corrected chi connectivity index (χ1v) is 6.74. The molecule has 0 saturated heterocycles. The van der Waals surface area contributed by atoms with Gasteiger partial charge in [-0.3, -0.25) is 0 Å². The van der Waals surface area contributed by atoms with Crippen molar-refractivity contribution in [3.63, 3.8) is 0 Å². The van der Waals surface area contributed by atoms with Crippen LogP contribution in [-0.4, -0.2) is 29.3 Å². The fraction of sp³-hybridized carbons (Fsp3) is 0.176. The number of aryl methyl sites for hydroxylation is 1. The van der Waals surface area contributed by atoms with Gasteiger partial charge in [0.15, 0.2) is 0 Å². The lowest BCUT2D eigenvalue weighted by molar-refractivity contribution is 0.0695. The minimum absolute atomic E-state index is 0.0304. The summed E-state index contributed by atoms with van der Waals surface area (Å²) in [5, 5.41) is 18.5. The van der Waals surface area contributed by atoms with E-state index in [1.807, 2.05) is 24.3 Å². The van der Waals surface area contributed by atoms with Gasteiger partial charge in [0, 0.05) is 0 Å². The molecule has 0 amide bonds. The van der Waals surface area contributed by atoms with E-state index >= 15 is 0 Å². The first kappa shape index (κ1) is 15.6. The molecule has 0 heterocycles. The number of benzene rings is 2. The molecule has 0 spiro atoms. The smallest absolute Gasteiger partial charge is 0.335 e. The highest BCUT2D eigenvalue weighted by atomic mass is 16.5. The second kappa shape index (κ2) is 6.76. The van der Waals surface area contributed by atoms with Gasteiger partial charge in [0.05, 0.1) is 18.2 Å². The van der Waals surface area contributed by atoms with Crippen LogP contribution < -0.4 is 4.74 Å². The van der Waals surface area contributed by atoms with Crippen LogP contribution >= 0.6 is 0 Å². The number of carboxylic acids is 2. The molecule has 2 aromatic carbocycles. The molecule has 0 unspecified atom stereocenters. The van der Waals surface area contributed by atoms with E-state index in [1.54, 1.807) is 7.11 Å². The number of carbonyl (C=O) groups is 2. The van der Waals surface area contributed by atoms with Crippen molar-refractivity contribution in [2.75, 3.05) is 7.11 Å². The lowest BCUT2D eigenvalue weighted by atomic mass is 9.95. The van der Waals surface area contributed by atoms with Crippen LogP contribution in [0.25, 0.3) is 0 Å². The van der Waals surface area contributed by atoms with E-state index in [2.05, 4.69) is 0 Å². The molecule has 0 aliphatic heterocycles. The predicted molar refractivity (Wildman–Crippen MR) is 80.8 cm³/mol. The van der Waals surface area contributed by atoms with Gasteiger partial charge in [-0.2, -0.15) is 0 Å². The minimum Gasteiger partial charge on any atom is -0.497 e. The Bertz CT molecular complexity index is 674. The van der Waals surface area contributed by atoms with E-state index in [0.717, 1.165) is 5.56 Å². The Hall–Kier alpha value is -2.82. The van der Waals surface area contributed by atoms with Crippen LogP contribution in [0.3, 0.4) is 0 Å². The van der Waals surface area contributed by atoms with Gasteiger partial charge >= 0.3 is 11.9 Å². The average molecular weight is 300 g/mol. The van der Waals surface area contributed by atoms with E-state index in [-0.39, 0.29) is 11.1 Å². The SMILES string of the molecule is COc1cccc(CCc2c(C(=O)O)cccc2C(=O)O)c1. The van der Waals surface area contributed by atoms with Crippen molar-refractivity contribution in [2.24, 2.45) is 0 Å². The zero-order valence-electron chi connectivity index (χ0n) is 12.1. The van der Waals surface area contributed by atoms with Crippen LogP contribution in [0.1, 0.15) is 31.8 Å². The lowest BCUT2D eigenvalue weighted by Crippen LogP contribution is -2.10. The zero-order chi connectivity index (χ0) is 16.1. The molecule has 22 heavy (non-hydrogen) atoms. The monoisotopic (exact) mass is 300 g/mol. The maximum Gasteiger partial charge on any atom is 0.335 e. The second-order valence-electron chi connectivity index (χ2n) is 4.79. The van der Waals surface area contributed by atoms with Gasteiger partial charge in [-0.25, -0.2) is 9.59 Å². The highest BCUT2D eigenvalue weighted by molar-refractivity contribution is 5.96. The van der Waals surface area contributed by atoms with Crippen molar-refractivity contribution in [2.45, 2.75) is 12.8 Å². The molecule has 0 aliphatic carbocycles. The van der Waals surface area contributed by atoms with Crippen LogP contribution in [-0.2, 0) is 12.8 Å². The van der Waals surface area contributed by atoms with E-state index < -0.39 is 11.9 Å². The summed E-state index contributed by atoms with van der Waals surface area (Å²) in [6.45, 7) is 0. The molecule has 2 rings (SSSR count). The van der Waals surface area contributed by atoms with Crippen molar-refractivity contribution in [3.8, 4) is 5.75 Å². The van der Waals surface area contributed by atoms with Crippen molar-refractivity contribution in [1.29, 1.82) is 0 Å². The van der Waals surface area contributed by atoms with E-state index in [9.17, 15) is 19.8 Å². The van der Waals surface area contributed by atoms with Gasteiger partial charge in [-0.1, -0.05) is 18.2 Å². The van der Waals surface area contributed by atoms with E-state index in [4.69, 9.17) is 4.74 Å². The molecule has 0 aromatic heterocycles. The predicted octanol–water partition coefficient (Wildman–Crippen LogP) is 2.88. The fourth-order valence-corrected chi connectivity index (χ4v) is 2.35. The second-order valence-corrected chi connectivity index (χ2v) is 4.79. The summed E-state index contributed by atoms with van der Waals surface area (Å²) in [7, 11) is 1.57. The summed E-state index contributed by atoms with van der Waals surface area (Å²) in [4.78, 5) is 22.6. The topological polar surface area (TPSA) is 83.8 Å². The van der Waals surface area contributed by atoms with Crippen LogP contribution in [0.4, 0.5) is 0 Å². The van der Waals surface area contributed by atoms with Crippen LogP contribution in [0.5, 0.6) is 5.75 Å². The maximum absolute atomic E-state index is 11.3. The van der Waals surface area contributed by atoms with Crippen LogP contribution in [0.2, 0.25) is 0 Å². The van der Waals surface area contributed by atoms with Gasteiger partial charge in [0.25, 0.3) is 0 Å². The summed E-state index contributed by atoms with van der Waals surface area (Å²) >= 11 is 0. The summed E-state index contributed by atoms with van der Waals surface area (Å²) in [5.74, 6) is -1.53. The van der Waals surface area contributed by atoms with Gasteiger partial charge in [-0.15, -0.1) is 0 Å². The third kappa shape index (κ3) is 3.44. The van der Waals surface area contributed by atoms with Crippen LogP contribution in [0.15, 0.2) is 42.5 Å².